The maximum atomic E-state index is 9.12. The van der Waals surface area contributed by atoms with Gasteiger partial charge in [-0.05, 0) is 24.1 Å². The maximum absolute atomic E-state index is 9.12. The second kappa shape index (κ2) is 5.54. The molecule has 0 saturated carbocycles. The molecule has 0 unspecified atom stereocenters. The Kier molecular flexibility index (Phi) is 4.05. The molecule has 1 heterocycles. The number of aliphatic hydroxyl groups excluding tert-OH is 1. The van der Waals surface area contributed by atoms with Crippen molar-refractivity contribution in [3.05, 3.63) is 35.0 Å². The summed E-state index contributed by atoms with van der Waals surface area (Å²) in [6.07, 6.45) is 0.879. The highest BCUT2D eigenvalue weighted by Gasteiger charge is 2.13. The van der Waals surface area contributed by atoms with Crippen LogP contribution in [0.15, 0.2) is 28.7 Å². The number of para-hydroxylation sites is 1. The molecule has 0 bridgehead atoms. The molecule has 1 aromatic heterocycles. The SMILES string of the molecule is CC[C@H](CO)NCc1c(Cl)oc2ccccc12. The molecule has 0 spiro atoms. The van der Waals surface area contributed by atoms with E-state index in [9.17, 15) is 0 Å². The summed E-state index contributed by atoms with van der Waals surface area (Å²) < 4.78 is 5.46. The molecule has 2 rings (SSSR count). The molecule has 0 saturated heterocycles. The van der Waals surface area contributed by atoms with Gasteiger partial charge in [-0.1, -0.05) is 25.1 Å². The van der Waals surface area contributed by atoms with Crippen LogP contribution >= 0.6 is 11.6 Å². The molecule has 0 aliphatic rings. The van der Waals surface area contributed by atoms with Crippen LogP contribution in [0.2, 0.25) is 5.22 Å². The minimum atomic E-state index is 0.0970. The first-order valence-electron chi connectivity index (χ1n) is 5.76. The van der Waals surface area contributed by atoms with Gasteiger partial charge in [0.1, 0.15) is 5.58 Å². The topological polar surface area (TPSA) is 45.4 Å². The van der Waals surface area contributed by atoms with Crippen LogP contribution in [-0.4, -0.2) is 17.8 Å². The fraction of sp³-hybridized carbons (Fsp3) is 0.385. The Hall–Kier alpha value is -1.03. The van der Waals surface area contributed by atoms with Crippen molar-refractivity contribution in [3.8, 4) is 0 Å². The Labute approximate surface area is 105 Å². The molecule has 0 aliphatic heterocycles. The van der Waals surface area contributed by atoms with Gasteiger partial charge in [0, 0.05) is 23.5 Å². The van der Waals surface area contributed by atoms with Crippen molar-refractivity contribution in [2.24, 2.45) is 0 Å². The largest absolute Gasteiger partial charge is 0.444 e. The summed E-state index contributed by atoms with van der Waals surface area (Å²) in [6, 6.07) is 7.86. The van der Waals surface area contributed by atoms with Crippen molar-refractivity contribution in [2.75, 3.05) is 6.61 Å². The predicted octanol–water partition coefficient (Wildman–Crippen LogP) is 2.95. The minimum absolute atomic E-state index is 0.0970. The number of fused-ring (bicyclic) bond motifs is 1. The third-order valence-electron chi connectivity index (χ3n) is 2.93. The van der Waals surface area contributed by atoms with E-state index in [0.717, 1.165) is 23.0 Å². The predicted molar refractivity (Wildman–Crippen MR) is 69.2 cm³/mol. The van der Waals surface area contributed by atoms with Crippen LogP contribution in [0.4, 0.5) is 0 Å². The zero-order valence-corrected chi connectivity index (χ0v) is 10.5. The first-order valence-corrected chi connectivity index (χ1v) is 6.14. The van der Waals surface area contributed by atoms with Crippen molar-refractivity contribution in [3.63, 3.8) is 0 Å². The van der Waals surface area contributed by atoms with Crippen molar-refractivity contribution in [1.82, 2.24) is 5.32 Å². The molecule has 17 heavy (non-hydrogen) atoms. The van der Waals surface area contributed by atoms with E-state index in [1.165, 1.54) is 0 Å². The van der Waals surface area contributed by atoms with Crippen LogP contribution in [0, 0.1) is 0 Å². The quantitative estimate of drug-likeness (QED) is 0.861. The first-order chi connectivity index (χ1) is 8.26. The third-order valence-corrected chi connectivity index (χ3v) is 3.23. The van der Waals surface area contributed by atoms with Crippen LogP contribution in [0.25, 0.3) is 11.0 Å². The molecular weight excluding hydrogens is 238 g/mol. The monoisotopic (exact) mass is 253 g/mol. The van der Waals surface area contributed by atoms with Gasteiger partial charge in [0.25, 0.3) is 0 Å². The first kappa shape index (κ1) is 12.4. The van der Waals surface area contributed by atoms with Crippen LogP contribution in [-0.2, 0) is 6.54 Å². The molecule has 0 aliphatic carbocycles. The molecule has 1 aromatic carbocycles. The Bertz CT molecular complexity index is 491. The third kappa shape index (κ3) is 2.63. The van der Waals surface area contributed by atoms with Gasteiger partial charge >= 0.3 is 0 Å². The Morgan fingerprint density at radius 2 is 2.18 bits per heavy atom. The van der Waals surface area contributed by atoms with E-state index >= 15 is 0 Å². The Morgan fingerprint density at radius 1 is 1.41 bits per heavy atom. The number of aliphatic hydroxyl groups is 1. The average molecular weight is 254 g/mol. The van der Waals surface area contributed by atoms with Crippen LogP contribution in [0.1, 0.15) is 18.9 Å². The second-order valence-corrected chi connectivity index (χ2v) is 4.36. The Morgan fingerprint density at radius 3 is 2.88 bits per heavy atom. The van der Waals surface area contributed by atoms with Gasteiger partial charge in [-0.15, -0.1) is 0 Å². The number of benzene rings is 1. The fourth-order valence-electron chi connectivity index (χ4n) is 1.82. The molecule has 2 aromatic rings. The van der Waals surface area contributed by atoms with E-state index in [1.807, 2.05) is 31.2 Å². The van der Waals surface area contributed by atoms with Gasteiger partial charge < -0.3 is 14.8 Å². The summed E-state index contributed by atoms with van der Waals surface area (Å²) in [6.45, 7) is 2.77. The summed E-state index contributed by atoms with van der Waals surface area (Å²) in [5.41, 5.74) is 1.75. The van der Waals surface area contributed by atoms with E-state index in [4.69, 9.17) is 21.1 Å². The van der Waals surface area contributed by atoms with Crippen molar-refractivity contribution in [2.45, 2.75) is 25.9 Å². The van der Waals surface area contributed by atoms with Crippen molar-refractivity contribution in [1.29, 1.82) is 0 Å². The average Bonchev–Trinajstić information content (AvgIpc) is 2.67. The summed E-state index contributed by atoms with van der Waals surface area (Å²) in [5, 5.41) is 13.8. The van der Waals surface area contributed by atoms with Gasteiger partial charge in [-0.3, -0.25) is 0 Å². The lowest BCUT2D eigenvalue weighted by Gasteiger charge is -2.13. The van der Waals surface area contributed by atoms with Gasteiger partial charge in [0.15, 0.2) is 5.22 Å². The molecule has 4 heteroatoms. The molecule has 3 nitrogen and oxygen atoms in total. The highest BCUT2D eigenvalue weighted by Crippen LogP contribution is 2.29. The number of rotatable bonds is 5. The van der Waals surface area contributed by atoms with E-state index in [-0.39, 0.29) is 12.6 Å². The molecular formula is C13H16ClNO2. The molecule has 0 amide bonds. The molecule has 1 atom stereocenters. The smallest absolute Gasteiger partial charge is 0.199 e. The number of hydrogen-bond donors (Lipinski definition) is 2. The fourth-order valence-corrected chi connectivity index (χ4v) is 2.07. The summed E-state index contributed by atoms with van der Waals surface area (Å²) in [5.74, 6) is 0. The van der Waals surface area contributed by atoms with Gasteiger partial charge in [0.2, 0.25) is 0 Å². The lowest BCUT2D eigenvalue weighted by atomic mass is 10.1. The number of hydrogen-bond acceptors (Lipinski definition) is 3. The standard InChI is InChI=1S/C13H16ClNO2/c1-2-9(8-16)15-7-11-10-5-3-4-6-12(10)17-13(11)14/h3-6,9,15-16H,2,7-8H2,1H3/t9-/m1/s1. The van der Waals surface area contributed by atoms with Gasteiger partial charge in [0.05, 0.1) is 6.61 Å². The number of halogens is 1. The van der Waals surface area contributed by atoms with Crippen LogP contribution < -0.4 is 5.32 Å². The lowest BCUT2D eigenvalue weighted by molar-refractivity contribution is 0.238. The normalized spacial score (nSPS) is 13.1. The van der Waals surface area contributed by atoms with E-state index in [1.54, 1.807) is 0 Å². The van der Waals surface area contributed by atoms with E-state index < -0.39 is 0 Å². The zero-order valence-electron chi connectivity index (χ0n) is 9.74. The maximum Gasteiger partial charge on any atom is 0.199 e. The second-order valence-electron chi connectivity index (χ2n) is 4.02. The van der Waals surface area contributed by atoms with Crippen molar-refractivity contribution < 1.29 is 9.52 Å². The molecule has 92 valence electrons. The van der Waals surface area contributed by atoms with Crippen LogP contribution in [0.3, 0.4) is 0 Å². The Balaban J connectivity index is 2.20. The highest BCUT2D eigenvalue weighted by atomic mass is 35.5. The van der Waals surface area contributed by atoms with Crippen molar-refractivity contribution >= 4 is 22.6 Å². The van der Waals surface area contributed by atoms with Gasteiger partial charge in [-0.2, -0.15) is 0 Å². The summed E-state index contributed by atoms with van der Waals surface area (Å²) in [7, 11) is 0. The molecule has 2 N–H and O–H groups in total. The highest BCUT2D eigenvalue weighted by molar-refractivity contribution is 6.30. The van der Waals surface area contributed by atoms with E-state index in [2.05, 4.69) is 5.32 Å². The number of furan rings is 1. The van der Waals surface area contributed by atoms with Crippen LogP contribution in [0.5, 0.6) is 0 Å². The molecule has 0 radical (unpaired) electrons. The summed E-state index contributed by atoms with van der Waals surface area (Å²) in [4.78, 5) is 0. The zero-order chi connectivity index (χ0) is 12.3. The number of nitrogens with one attached hydrogen (secondary N) is 1. The van der Waals surface area contributed by atoms with Gasteiger partial charge in [-0.25, -0.2) is 0 Å². The van der Waals surface area contributed by atoms with E-state index in [0.29, 0.717) is 11.8 Å². The minimum Gasteiger partial charge on any atom is -0.444 e. The molecule has 0 fully saturated rings. The summed E-state index contributed by atoms with van der Waals surface area (Å²) >= 11 is 6.07. The lowest BCUT2D eigenvalue weighted by Crippen LogP contribution is -2.31.